The van der Waals surface area contributed by atoms with Gasteiger partial charge in [0.05, 0.1) is 6.04 Å². The summed E-state index contributed by atoms with van der Waals surface area (Å²) in [6, 6.07) is 3.54. The summed E-state index contributed by atoms with van der Waals surface area (Å²) in [4.78, 5) is 58.7. The van der Waals surface area contributed by atoms with Gasteiger partial charge < -0.3 is 49.0 Å². The van der Waals surface area contributed by atoms with Crippen molar-refractivity contribution in [1.82, 2.24) is 20.9 Å². The van der Waals surface area contributed by atoms with Gasteiger partial charge in [-0.25, -0.2) is 4.79 Å². The summed E-state index contributed by atoms with van der Waals surface area (Å²) in [7, 11) is 0. The van der Waals surface area contributed by atoms with E-state index in [0.717, 1.165) is 16.5 Å². The Balaban J connectivity index is 2.12. The number of carboxylic acids is 1. The van der Waals surface area contributed by atoms with Gasteiger partial charge in [-0.3, -0.25) is 19.4 Å². The number of para-hydroxylation sites is 1. The Bertz CT molecular complexity index is 1240. The zero-order valence-electron chi connectivity index (χ0n) is 25.0. The number of amides is 3. The minimum absolute atomic E-state index is 0.0884. The number of H-pyrrole nitrogens is 1. The molecule has 0 aliphatic rings. The summed E-state index contributed by atoms with van der Waals surface area (Å²) < 4.78 is 0. The highest BCUT2D eigenvalue weighted by molar-refractivity contribution is 5.94. The molecule has 2 aromatic rings. The number of carbonyl (C=O) groups is 4. The molecule has 5 atom stereocenters. The average molecular weight is 602 g/mol. The SMILES string of the molecule is CCC(C)C(NC(=O)C(CCCCN)NC(=O)C(N)Cc1c[nH]c2ccccc12)C(=O)NC(CCCN=C(N)N)C(=O)O. The number of aromatic amines is 1. The molecule has 1 heterocycles. The molecule has 13 N–H and O–H groups in total. The summed E-state index contributed by atoms with van der Waals surface area (Å²) in [5.74, 6) is -3.37. The van der Waals surface area contributed by atoms with Gasteiger partial charge in [0.1, 0.15) is 18.1 Å². The van der Waals surface area contributed by atoms with Crippen molar-refractivity contribution in [2.75, 3.05) is 13.1 Å². The number of fused-ring (bicyclic) bond motifs is 1. The smallest absolute Gasteiger partial charge is 0.326 e. The molecular formula is C29H47N9O5. The fourth-order valence-corrected chi connectivity index (χ4v) is 4.65. The van der Waals surface area contributed by atoms with Crippen LogP contribution in [0.5, 0.6) is 0 Å². The Kier molecular flexibility index (Phi) is 14.4. The predicted molar refractivity (Wildman–Crippen MR) is 166 cm³/mol. The number of aromatic nitrogens is 1. The van der Waals surface area contributed by atoms with Gasteiger partial charge in [-0.1, -0.05) is 38.5 Å². The maximum absolute atomic E-state index is 13.5. The molecular weight excluding hydrogens is 554 g/mol. The third-order valence-corrected chi connectivity index (χ3v) is 7.38. The van der Waals surface area contributed by atoms with Crippen molar-refractivity contribution >= 4 is 40.6 Å². The Morgan fingerprint density at radius 2 is 1.63 bits per heavy atom. The number of hydrogen-bond donors (Lipinski definition) is 9. The molecule has 0 saturated carbocycles. The molecule has 2 rings (SSSR count). The van der Waals surface area contributed by atoms with E-state index in [4.69, 9.17) is 22.9 Å². The lowest BCUT2D eigenvalue weighted by Crippen LogP contribution is -2.58. The van der Waals surface area contributed by atoms with E-state index in [2.05, 4.69) is 25.9 Å². The molecule has 238 valence electrons. The molecule has 0 fully saturated rings. The molecule has 14 nitrogen and oxygen atoms in total. The third kappa shape index (κ3) is 11.2. The van der Waals surface area contributed by atoms with Crippen molar-refractivity contribution in [3.63, 3.8) is 0 Å². The van der Waals surface area contributed by atoms with Crippen molar-refractivity contribution in [1.29, 1.82) is 0 Å². The first-order valence-electron chi connectivity index (χ1n) is 14.7. The zero-order chi connectivity index (χ0) is 31.9. The van der Waals surface area contributed by atoms with Crippen LogP contribution in [-0.2, 0) is 25.6 Å². The van der Waals surface area contributed by atoms with Crippen LogP contribution in [0.15, 0.2) is 35.5 Å². The van der Waals surface area contributed by atoms with E-state index in [-0.39, 0.29) is 37.7 Å². The normalized spacial score (nSPS) is 14.6. The zero-order valence-corrected chi connectivity index (χ0v) is 25.0. The summed E-state index contributed by atoms with van der Waals surface area (Å²) in [5.41, 5.74) is 24.3. The average Bonchev–Trinajstić information content (AvgIpc) is 3.38. The Morgan fingerprint density at radius 3 is 2.28 bits per heavy atom. The minimum Gasteiger partial charge on any atom is -0.480 e. The number of aliphatic imine (C=N–C) groups is 1. The van der Waals surface area contributed by atoms with Crippen LogP contribution >= 0.6 is 0 Å². The number of carboxylic acid groups (broad SMARTS) is 1. The van der Waals surface area contributed by atoms with Gasteiger partial charge in [0.15, 0.2) is 5.96 Å². The number of rotatable bonds is 19. The molecule has 0 saturated heterocycles. The van der Waals surface area contributed by atoms with Gasteiger partial charge in [0, 0.05) is 23.6 Å². The van der Waals surface area contributed by atoms with Crippen LogP contribution in [0.3, 0.4) is 0 Å². The summed E-state index contributed by atoms with van der Waals surface area (Å²) in [5, 5.41) is 18.6. The highest BCUT2D eigenvalue weighted by Crippen LogP contribution is 2.19. The third-order valence-electron chi connectivity index (χ3n) is 7.38. The van der Waals surface area contributed by atoms with E-state index in [1.54, 1.807) is 6.92 Å². The predicted octanol–water partition coefficient (Wildman–Crippen LogP) is -0.195. The molecule has 1 aromatic carbocycles. The minimum atomic E-state index is -1.22. The number of unbranched alkanes of at least 4 members (excludes halogenated alkanes) is 1. The van der Waals surface area contributed by atoms with Crippen LogP contribution in [0, 0.1) is 5.92 Å². The number of carbonyl (C=O) groups excluding carboxylic acids is 3. The van der Waals surface area contributed by atoms with Crippen LogP contribution in [0.25, 0.3) is 10.9 Å². The standard InChI is InChI=1S/C29H47N9O5/c1-3-17(2)24(27(41)37-23(28(42)43)12-8-14-34-29(32)33)38-26(40)22(11-6-7-13-30)36-25(39)20(31)15-18-16-35-21-10-5-4-9-19(18)21/h4-5,9-10,16-17,20,22-24,35H,3,6-8,11-15,30-31H2,1-2H3,(H,36,39)(H,37,41)(H,38,40)(H,42,43)(H4,32,33,34). The second-order valence-electron chi connectivity index (χ2n) is 10.7. The Morgan fingerprint density at radius 1 is 0.953 bits per heavy atom. The number of nitrogens with two attached hydrogens (primary N) is 4. The fourth-order valence-electron chi connectivity index (χ4n) is 4.65. The van der Waals surface area contributed by atoms with Gasteiger partial charge in [-0.2, -0.15) is 0 Å². The number of nitrogens with one attached hydrogen (secondary N) is 4. The van der Waals surface area contributed by atoms with Crippen LogP contribution < -0.4 is 38.9 Å². The van der Waals surface area contributed by atoms with Crippen LogP contribution in [-0.4, -0.2) is 77.0 Å². The van der Waals surface area contributed by atoms with Gasteiger partial charge in [-0.15, -0.1) is 0 Å². The molecule has 1 aromatic heterocycles. The van der Waals surface area contributed by atoms with Crippen molar-refractivity contribution in [3.8, 4) is 0 Å². The van der Waals surface area contributed by atoms with E-state index in [9.17, 15) is 24.3 Å². The lowest BCUT2D eigenvalue weighted by Gasteiger charge is -2.28. The summed E-state index contributed by atoms with van der Waals surface area (Å²) >= 11 is 0. The first-order valence-corrected chi connectivity index (χ1v) is 14.7. The van der Waals surface area contributed by atoms with Crippen molar-refractivity contribution < 1.29 is 24.3 Å². The molecule has 0 aliphatic carbocycles. The number of benzene rings is 1. The molecule has 43 heavy (non-hydrogen) atoms. The maximum atomic E-state index is 13.5. The molecule has 0 radical (unpaired) electrons. The number of guanidine groups is 1. The van der Waals surface area contributed by atoms with E-state index in [1.165, 1.54) is 0 Å². The van der Waals surface area contributed by atoms with E-state index in [0.29, 0.717) is 32.2 Å². The van der Waals surface area contributed by atoms with Crippen LogP contribution in [0.2, 0.25) is 0 Å². The maximum Gasteiger partial charge on any atom is 0.326 e. The Labute approximate surface area is 251 Å². The summed E-state index contributed by atoms with van der Waals surface area (Å²) in [6.45, 7) is 4.25. The molecule has 14 heteroatoms. The summed E-state index contributed by atoms with van der Waals surface area (Å²) in [6.07, 6.45) is 4.48. The molecule has 3 amide bonds. The van der Waals surface area contributed by atoms with E-state index >= 15 is 0 Å². The largest absolute Gasteiger partial charge is 0.480 e. The second kappa shape index (κ2) is 17.7. The van der Waals surface area contributed by atoms with E-state index in [1.807, 2.05) is 37.4 Å². The molecule has 0 bridgehead atoms. The van der Waals surface area contributed by atoms with E-state index < -0.39 is 47.9 Å². The number of aliphatic carboxylic acids is 1. The molecule has 5 unspecified atom stereocenters. The van der Waals surface area contributed by atoms with Crippen molar-refractivity contribution in [2.45, 2.75) is 83.0 Å². The van der Waals surface area contributed by atoms with Crippen molar-refractivity contribution in [3.05, 3.63) is 36.0 Å². The Hall–Kier alpha value is -4.17. The van der Waals surface area contributed by atoms with Gasteiger partial charge in [0.2, 0.25) is 17.7 Å². The lowest BCUT2D eigenvalue weighted by molar-refractivity contribution is -0.143. The molecule has 0 aliphatic heterocycles. The molecule has 0 spiro atoms. The quantitative estimate of drug-likeness (QED) is 0.0586. The van der Waals surface area contributed by atoms with Crippen molar-refractivity contribution in [2.24, 2.45) is 33.8 Å². The highest BCUT2D eigenvalue weighted by atomic mass is 16.4. The lowest BCUT2D eigenvalue weighted by atomic mass is 9.96. The highest BCUT2D eigenvalue weighted by Gasteiger charge is 2.32. The van der Waals surface area contributed by atoms with Gasteiger partial charge in [0.25, 0.3) is 0 Å². The monoisotopic (exact) mass is 601 g/mol. The van der Waals surface area contributed by atoms with Gasteiger partial charge >= 0.3 is 5.97 Å². The van der Waals surface area contributed by atoms with Crippen LogP contribution in [0.4, 0.5) is 0 Å². The second-order valence-corrected chi connectivity index (χ2v) is 10.7. The van der Waals surface area contributed by atoms with Gasteiger partial charge in [-0.05, 0) is 62.6 Å². The first kappa shape index (κ1) is 35.0. The number of hydrogen-bond acceptors (Lipinski definition) is 7. The van der Waals surface area contributed by atoms with Crippen LogP contribution in [0.1, 0.15) is 57.9 Å². The topological polar surface area (TPSA) is 257 Å². The number of nitrogens with zero attached hydrogens (tertiary/aromatic N) is 1. The fraction of sp³-hybridized carbons (Fsp3) is 0.552. The first-order chi connectivity index (χ1) is 20.5.